The summed E-state index contributed by atoms with van der Waals surface area (Å²) in [7, 11) is 1.81. The molecular weight excluding hydrogens is 208 g/mol. The largest absolute Gasteiger partial charge is 0.370 e. The lowest BCUT2D eigenvalue weighted by Crippen LogP contribution is -2.09. The van der Waals surface area contributed by atoms with Gasteiger partial charge in [-0.15, -0.1) is 0 Å². The van der Waals surface area contributed by atoms with Crippen LogP contribution in [0.1, 0.15) is 13.3 Å². The second-order valence-corrected chi connectivity index (χ2v) is 4.55. The molecule has 0 aliphatic heterocycles. The average molecular weight is 226 g/mol. The van der Waals surface area contributed by atoms with E-state index in [9.17, 15) is 0 Å². The minimum absolute atomic E-state index is 0.651. The summed E-state index contributed by atoms with van der Waals surface area (Å²) in [6, 6.07) is 1.88. The minimum atomic E-state index is 0.651. The Hall–Kier alpha value is -0.970. The van der Waals surface area contributed by atoms with Crippen LogP contribution in [0.2, 0.25) is 0 Å². The van der Waals surface area contributed by atoms with Gasteiger partial charge in [0.05, 0.1) is 0 Å². The Bertz CT molecular complexity index is 293. The van der Waals surface area contributed by atoms with Crippen molar-refractivity contribution in [1.29, 1.82) is 0 Å². The predicted molar refractivity (Wildman–Crippen MR) is 67.7 cm³/mol. The van der Waals surface area contributed by atoms with Crippen molar-refractivity contribution in [2.45, 2.75) is 18.6 Å². The molecular formula is C10H18N4S. The Morgan fingerprint density at radius 2 is 2.33 bits per heavy atom. The highest BCUT2D eigenvalue weighted by atomic mass is 32.2. The van der Waals surface area contributed by atoms with E-state index in [-0.39, 0.29) is 0 Å². The Morgan fingerprint density at radius 3 is 3.00 bits per heavy atom. The van der Waals surface area contributed by atoms with Crippen LogP contribution in [0.4, 0.5) is 11.8 Å². The van der Waals surface area contributed by atoms with Gasteiger partial charge in [0.25, 0.3) is 0 Å². The fourth-order valence-electron chi connectivity index (χ4n) is 1.10. The summed E-state index contributed by atoms with van der Waals surface area (Å²) in [5, 5.41) is 6.87. The lowest BCUT2D eigenvalue weighted by Gasteiger charge is -2.09. The summed E-state index contributed by atoms with van der Waals surface area (Å²) in [5.74, 6) is 1.53. The molecule has 2 N–H and O–H groups in total. The van der Waals surface area contributed by atoms with E-state index >= 15 is 0 Å². The van der Waals surface area contributed by atoms with E-state index < -0.39 is 0 Å². The highest BCUT2D eigenvalue weighted by Gasteiger charge is 2.00. The van der Waals surface area contributed by atoms with E-state index in [1.807, 2.05) is 24.9 Å². The number of thioether (sulfide) groups is 1. The van der Waals surface area contributed by atoms with E-state index in [2.05, 4.69) is 33.8 Å². The zero-order valence-electron chi connectivity index (χ0n) is 9.45. The van der Waals surface area contributed by atoms with Crippen LogP contribution < -0.4 is 10.6 Å². The average Bonchev–Trinajstić information content (AvgIpc) is 2.29. The molecule has 0 spiro atoms. The van der Waals surface area contributed by atoms with Gasteiger partial charge < -0.3 is 10.6 Å². The van der Waals surface area contributed by atoms with E-state index in [0.29, 0.717) is 11.2 Å². The number of nitrogens with one attached hydrogen (secondary N) is 2. The molecule has 0 aliphatic rings. The summed E-state index contributed by atoms with van der Waals surface area (Å²) in [5.41, 5.74) is 0. The Morgan fingerprint density at radius 1 is 1.53 bits per heavy atom. The van der Waals surface area contributed by atoms with Crippen LogP contribution in [0.15, 0.2) is 12.3 Å². The van der Waals surface area contributed by atoms with Crippen molar-refractivity contribution < 1.29 is 0 Å². The summed E-state index contributed by atoms with van der Waals surface area (Å²) in [4.78, 5) is 8.32. The third-order valence-electron chi connectivity index (χ3n) is 2.14. The van der Waals surface area contributed by atoms with Crippen molar-refractivity contribution in [1.82, 2.24) is 9.97 Å². The van der Waals surface area contributed by atoms with Crippen molar-refractivity contribution in [2.24, 2.45) is 0 Å². The molecule has 0 fully saturated rings. The first-order valence-corrected chi connectivity index (χ1v) is 6.32. The highest BCUT2D eigenvalue weighted by Crippen LogP contribution is 2.10. The van der Waals surface area contributed by atoms with Crippen molar-refractivity contribution >= 4 is 23.5 Å². The lowest BCUT2D eigenvalue weighted by molar-refractivity contribution is 0.849. The van der Waals surface area contributed by atoms with Gasteiger partial charge in [0, 0.05) is 25.0 Å². The van der Waals surface area contributed by atoms with Gasteiger partial charge in [-0.2, -0.15) is 16.7 Å². The van der Waals surface area contributed by atoms with Crippen molar-refractivity contribution in [2.75, 3.05) is 30.5 Å². The maximum absolute atomic E-state index is 4.27. The van der Waals surface area contributed by atoms with E-state index in [4.69, 9.17) is 0 Å². The first kappa shape index (κ1) is 12.1. The summed E-state index contributed by atoms with van der Waals surface area (Å²) < 4.78 is 0. The fourth-order valence-corrected chi connectivity index (χ4v) is 1.45. The molecule has 0 bridgehead atoms. The van der Waals surface area contributed by atoms with Crippen molar-refractivity contribution in [3.63, 3.8) is 0 Å². The smallest absolute Gasteiger partial charge is 0.224 e. The van der Waals surface area contributed by atoms with Crippen LogP contribution in [0.25, 0.3) is 0 Å². The number of hydrogen-bond donors (Lipinski definition) is 2. The molecule has 0 amide bonds. The normalized spacial score (nSPS) is 12.2. The predicted octanol–water partition coefficient (Wildman–Crippen LogP) is 2.07. The molecule has 84 valence electrons. The highest BCUT2D eigenvalue weighted by molar-refractivity contribution is 7.99. The lowest BCUT2D eigenvalue weighted by atomic mass is 10.3. The Labute approximate surface area is 95.3 Å². The molecule has 1 heterocycles. The molecule has 0 aliphatic carbocycles. The molecule has 0 radical (unpaired) electrons. The van der Waals surface area contributed by atoms with Gasteiger partial charge in [0.15, 0.2) is 0 Å². The second kappa shape index (κ2) is 6.50. The third-order valence-corrected chi connectivity index (χ3v) is 3.18. The second-order valence-electron chi connectivity index (χ2n) is 3.28. The van der Waals surface area contributed by atoms with Gasteiger partial charge in [-0.3, -0.25) is 0 Å². The molecule has 4 nitrogen and oxygen atoms in total. The molecule has 1 aromatic heterocycles. The van der Waals surface area contributed by atoms with Crippen molar-refractivity contribution in [3.05, 3.63) is 12.3 Å². The number of aromatic nitrogens is 2. The zero-order chi connectivity index (χ0) is 11.1. The number of hydrogen-bond acceptors (Lipinski definition) is 5. The van der Waals surface area contributed by atoms with E-state index in [1.165, 1.54) is 0 Å². The van der Waals surface area contributed by atoms with Crippen LogP contribution in [0.3, 0.4) is 0 Å². The molecule has 0 aromatic carbocycles. The minimum Gasteiger partial charge on any atom is -0.370 e. The Kier molecular flexibility index (Phi) is 5.25. The van der Waals surface area contributed by atoms with Gasteiger partial charge in [-0.1, -0.05) is 6.92 Å². The first-order valence-electron chi connectivity index (χ1n) is 5.03. The molecule has 1 aromatic rings. The topological polar surface area (TPSA) is 49.8 Å². The van der Waals surface area contributed by atoms with Crippen LogP contribution >= 0.6 is 11.8 Å². The Balaban J connectivity index is 2.37. The molecule has 1 unspecified atom stereocenters. The fraction of sp³-hybridized carbons (Fsp3) is 0.600. The van der Waals surface area contributed by atoms with E-state index in [1.54, 1.807) is 6.20 Å². The molecule has 1 atom stereocenters. The van der Waals surface area contributed by atoms with Crippen LogP contribution in [0.5, 0.6) is 0 Å². The van der Waals surface area contributed by atoms with Crippen LogP contribution in [0, 0.1) is 0 Å². The van der Waals surface area contributed by atoms with Gasteiger partial charge in [0.2, 0.25) is 5.95 Å². The summed E-state index contributed by atoms with van der Waals surface area (Å²) in [6.45, 7) is 3.17. The zero-order valence-corrected chi connectivity index (χ0v) is 10.3. The maximum atomic E-state index is 4.27. The van der Waals surface area contributed by atoms with Crippen molar-refractivity contribution in [3.8, 4) is 0 Å². The molecule has 5 heteroatoms. The molecule has 1 rings (SSSR count). The SMILES string of the molecule is CNc1nccc(NCCC(C)SC)n1. The quantitative estimate of drug-likeness (QED) is 0.777. The van der Waals surface area contributed by atoms with Gasteiger partial charge in [-0.05, 0) is 18.7 Å². The standard InChI is InChI=1S/C10H18N4S/c1-8(15-3)4-6-12-9-5-7-13-10(11-2)14-9/h5,7-8H,4,6H2,1-3H3,(H2,11,12,13,14). The van der Waals surface area contributed by atoms with Gasteiger partial charge in [0.1, 0.15) is 5.82 Å². The molecule has 0 saturated carbocycles. The third kappa shape index (κ3) is 4.38. The number of anilines is 2. The van der Waals surface area contributed by atoms with Gasteiger partial charge in [-0.25, -0.2) is 4.98 Å². The first-order chi connectivity index (χ1) is 7.26. The van der Waals surface area contributed by atoms with Gasteiger partial charge >= 0.3 is 0 Å². The monoisotopic (exact) mass is 226 g/mol. The molecule has 0 saturated heterocycles. The molecule has 15 heavy (non-hydrogen) atoms. The maximum Gasteiger partial charge on any atom is 0.224 e. The van der Waals surface area contributed by atoms with Crippen LogP contribution in [-0.4, -0.2) is 35.1 Å². The van der Waals surface area contributed by atoms with Crippen LogP contribution in [-0.2, 0) is 0 Å². The van der Waals surface area contributed by atoms with E-state index in [0.717, 1.165) is 18.8 Å². The number of rotatable bonds is 6. The number of nitrogens with zero attached hydrogens (tertiary/aromatic N) is 2. The summed E-state index contributed by atoms with van der Waals surface area (Å²) in [6.07, 6.45) is 5.02. The summed E-state index contributed by atoms with van der Waals surface area (Å²) >= 11 is 1.88.